The molecule has 2 aromatic rings. The highest BCUT2D eigenvalue weighted by Crippen LogP contribution is 2.60. The van der Waals surface area contributed by atoms with Gasteiger partial charge in [0, 0.05) is 42.0 Å². The van der Waals surface area contributed by atoms with Gasteiger partial charge in [-0.2, -0.15) is 0 Å². The fourth-order valence-electron chi connectivity index (χ4n) is 9.32. The van der Waals surface area contributed by atoms with Crippen LogP contribution in [0.4, 0.5) is 21.2 Å². The van der Waals surface area contributed by atoms with Crippen LogP contribution in [-0.4, -0.2) is 93.8 Å². The second-order valence-corrected chi connectivity index (χ2v) is 18.3. The van der Waals surface area contributed by atoms with Crippen LogP contribution < -0.4 is 20.0 Å². The number of fused-ring (bicyclic) bond motifs is 2. The molecule has 2 spiro atoms. The Morgan fingerprint density at radius 1 is 1.09 bits per heavy atom. The van der Waals surface area contributed by atoms with Gasteiger partial charge in [0.2, 0.25) is 14.3 Å². The lowest BCUT2D eigenvalue weighted by atomic mass is 9.82. The van der Waals surface area contributed by atoms with Crippen molar-refractivity contribution in [3.63, 3.8) is 0 Å². The molecule has 7 rings (SSSR count). The third-order valence-electron chi connectivity index (χ3n) is 11.6. The Balaban J connectivity index is 1.27. The molecule has 0 radical (unpaired) electrons. The van der Waals surface area contributed by atoms with Crippen LogP contribution in [0.15, 0.2) is 48.5 Å². The molecule has 5 heterocycles. The van der Waals surface area contributed by atoms with Crippen LogP contribution >= 0.6 is 0 Å². The largest absolute Gasteiger partial charge is 0.394 e. The maximum absolute atomic E-state index is 16.3. The van der Waals surface area contributed by atoms with Gasteiger partial charge in [0.05, 0.1) is 37.5 Å². The molecular weight excluding hydrogens is 617 g/mol. The van der Waals surface area contributed by atoms with Crippen molar-refractivity contribution in [2.24, 2.45) is 5.92 Å². The van der Waals surface area contributed by atoms with Crippen LogP contribution in [0.1, 0.15) is 44.6 Å². The maximum atomic E-state index is 16.3. The number of carbonyl (C=O) groups excluding carboxylic acids is 3. The molecule has 2 aromatic carbocycles. The number of hydrogen-bond donors (Lipinski definition) is 2. The number of aliphatic hydroxyl groups is 1. The fourth-order valence-corrected chi connectivity index (χ4v) is 11.8. The molecule has 3 amide bonds. The molecule has 5 aliphatic heterocycles. The Hall–Kier alpha value is -3.32. The molecule has 2 N–H and O–H groups in total. The van der Waals surface area contributed by atoms with Crippen LogP contribution in [0.2, 0.25) is 18.6 Å². The van der Waals surface area contributed by atoms with Gasteiger partial charge in [0.1, 0.15) is 5.54 Å². The van der Waals surface area contributed by atoms with Crippen molar-refractivity contribution < 1.29 is 28.3 Å². The summed E-state index contributed by atoms with van der Waals surface area (Å²) in [5.74, 6) is -0.977. The van der Waals surface area contributed by atoms with E-state index >= 15 is 4.11 Å². The first-order valence-electron chi connectivity index (χ1n) is 17.0. The standard InChI is InChI=1S/C35H46FN5O5Si/c1-23-31(47(3,4)36)29(20-30(43)39-18-8-11-26(39)21-42)46-35(23)27-19-25(12-13-28(27)38(2)33(35)45)40-22-41(24-9-6-5-7-10-24)34(32(40)44)14-16-37-17-15-34/h5-7,9-10,12-13,19,23,26,29,31,37,42H,8,11,14-18,20-22H2,1-4H3/t23-,26-,29+,31-,35+/m0/s1. The summed E-state index contributed by atoms with van der Waals surface area (Å²) in [6.45, 7) is 7.41. The van der Waals surface area contributed by atoms with E-state index in [0.29, 0.717) is 43.0 Å². The lowest BCUT2D eigenvalue weighted by molar-refractivity contribution is -0.149. The average molecular weight is 664 g/mol. The zero-order valence-electron chi connectivity index (χ0n) is 27.7. The molecule has 0 saturated carbocycles. The van der Waals surface area contributed by atoms with Crippen molar-refractivity contribution >= 4 is 43.2 Å². The van der Waals surface area contributed by atoms with Gasteiger partial charge in [-0.25, -0.2) is 0 Å². The Morgan fingerprint density at radius 2 is 1.81 bits per heavy atom. The van der Waals surface area contributed by atoms with E-state index in [1.807, 2.05) is 60.4 Å². The molecule has 47 heavy (non-hydrogen) atoms. The van der Waals surface area contributed by atoms with E-state index in [1.165, 1.54) is 0 Å². The third kappa shape index (κ3) is 4.85. The van der Waals surface area contributed by atoms with Gasteiger partial charge >= 0.3 is 0 Å². The molecule has 10 nitrogen and oxygen atoms in total. The summed E-state index contributed by atoms with van der Waals surface area (Å²) in [6, 6.07) is 15.4. The number of rotatable bonds is 6. The number of likely N-dealkylation sites (tertiary alicyclic amines) is 1. The number of para-hydroxylation sites is 1. The number of carbonyl (C=O) groups is 3. The van der Waals surface area contributed by atoms with Crippen molar-refractivity contribution in [2.75, 3.05) is 54.7 Å². The number of halogens is 1. The fraction of sp³-hybridized carbons (Fsp3) is 0.571. The minimum absolute atomic E-state index is 0.0256. The molecule has 0 unspecified atom stereocenters. The van der Waals surface area contributed by atoms with Gasteiger partial charge in [0.25, 0.3) is 11.8 Å². The Kier molecular flexibility index (Phi) is 8.01. The summed E-state index contributed by atoms with van der Waals surface area (Å²) >= 11 is 0. The first-order chi connectivity index (χ1) is 22.4. The summed E-state index contributed by atoms with van der Waals surface area (Å²) < 4.78 is 23.1. The first kappa shape index (κ1) is 32.2. The number of hydrogen-bond acceptors (Lipinski definition) is 7. The highest BCUT2D eigenvalue weighted by Gasteiger charge is 2.67. The molecule has 5 aliphatic rings. The van der Waals surface area contributed by atoms with Crippen LogP contribution in [-0.2, 0) is 24.7 Å². The second kappa shape index (κ2) is 11.7. The van der Waals surface area contributed by atoms with E-state index in [4.69, 9.17) is 4.74 Å². The lowest BCUT2D eigenvalue weighted by Gasteiger charge is -2.39. The average Bonchev–Trinajstić information content (AvgIpc) is 3.78. The number of likely N-dealkylation sites (N-methyl/N-ethyl adjacent to an activating group) is 1. The maximum Gasteiger partial charge on any atom is 0.264 e. The topological polar surface area (TPSA) is 106 Å². The quantitative estimate of drug-likeness (QED) is 0.359. The van der Waals surface area contributed by atoms with Crippen molar-refractivity contribution in [1.29, 1.82) is 0 Å². The van der Waals surface area contributed by atoms with Gasteiger partial charge in [-0.3, -0.25) is 19.3 Å². The van der Waals surface area contributed by atoms with Gasteiger partial charge in [-0.15, -0.1) is 0 Å². The van der Waals surface area contributed by atoms with E-state index < -0.39 is 37.1 Å². The summed E-state index contributed by atoms with van der Waals surface area (Å²) in [5.41, 5.74) is 0.146. The zero-order valence-corrected chi connectivity index (χ0v) is 28.7. The molecule has 0 aliphatic carbocycles. The van der Waals surface area contributed by atoms with Crippen molar-refractivity contribution in [3.05, 3.63) is 54.1 Å². The van der Waals surface area contributed by atoms with E-state index in [9.17, 15) is 19.5 Å². The Labute approximate surface area is 277 Å². The number of nitrogens with zero attached hydrogens (tertiary/aromatic N) is 4. The van der Waals surface area contributed by atoms with E-state index in [1.54, 1.807) is 29.9 Å². The van der Waals surface area contributed by atoms with E-state index in [2.05, 4.69) is 10.2 Å². The van der Waals surface area contributed by atoms with Gasteiger partial charge < -0.3 is 34.0 Å². The molecule has 0 bridgehead atoms. The highest BCUT2D eigenvalue weighted by molar-refractivity contribution is 6.72. The SMILES string of the molecule is C[C@H]1[C@H]([Si](C)(C)F)[C@@H](CC(=O)N2CCC[C@H]2CO)O[C@]12C(=O)N(C)c1ccc(N3CN(c4ccccc4)C4(CCNCC4)C3=O)cc12. The molecular formula is C35H46FN5O5Si. The van der Waals surface area contributed by atoms with Gasteiger partial charge in [-0.1, -0.05) is 25.1 Å². The van der Waals surface area contributed by atoms with Gasteiger partial charge in [-0.05, 0) is 82.2 Å². The molecule has 12 heteroatoms. The third-order valence-corrected chi connectivity index (χ3v) is 14.1. The second-order valence-electron chi connectivity index (χ2n) is 14.5. The minimum Gasteiger partial charge on any atom is -0.394 e. The van der Waals surface area contributed by atoms with Crippen molar-refractivity contribution in [1.82, 2.24) is 10.2 Å². The van der Waals surface area contributed by atoms with Crippen LogP contribution in [0, 0.1) is 5.92 Å². The predicted molar refractivity (Wildman–Crippen MR) is 180 cm³/mol. The smallest absolute Gasteiger partial charge is 0.264 e. The number of amides is 3. The molecule has 4 saturated heterocycles. The first-order valence-corrected chi connectivity index (χ1v) is 19.9. The Morgan fingerprint density at radius 3 is 2.49 bits per heavy atom. The normalized spacial score (nSPS) is 30.3. The summed E-state index contributed by atoms with van der Waals surface area (Å²) in [4.78, 5) is 49.6. The predicted octanol–water partition coefficient (Wildman–Crippen LogP) is 3.74. The molecule has 252 valence electrons. The molecule has 5 atom stereocenters. The summed E-state index contributed by atoms with van der Waals surface area (Å²) in [6.07, 6.45) is 2.05. The van der Waals surface area contributed by atoms with E-state index in [0.717, 1.165) is 31.6 Å². The van der Waals surface area contributed by atoms with Crippen LogP contribution in [0.3, 0.4) is 0 Å². The van der Waals surface area contributed by atoms with Gasteiger partial charge in [0.15, 0.2) is 5.60 Å². The van der Waals surface area contributed by atoms with Crippen molar-refractivity contribution in [3.8, 4) is 0 Å². The molecule has 0 aromatic heterocycles. The van der Waals surface area contributed by atoms with E-state index in [-0.39, 0.29) is 36.8 Å². The highest BCUT2D eigenvalue weighted by atomic mass is 28.4. The number of ether oxygens (including phenoxy) is 1. The monoisotopic (exact) mass is 663 g/mol. The van der Waals surface area contributed by atoms with Crippen molar-refractivity contribution in [2.45, 2.75) is 80.9 Å². The summed E-state index contributed by atoms with van der Waals surface area (Å²) in [7, 11) is -1.76. The number of benzene rings is 2. The number of anilines is 3. The number of nitrogens with one attached hydrogen (secondary N) is 1. The minimum atomic E-state index is -3.46. The molecule has 4 fully saturated rings. The van der Waals surface area contributed by atoms with Crippen LogP contribution in [0.25, 0.3) is 0 Å². The Bertz CT molecular complexity index is 1570. The summed E-state index contributed by atoms with van der Waals surface area (Å²) in [5, 5.41) is 13.2. The lowest BCUT2D eigenvalue weighted by Crippen LogP contribution is -2.55. The van der Waals surface area contributed by atoms with Crippen LogP contribution in [0.5, 0.6) is 0 Å². The number of piperidine rings is 1. The zero-order chi connectivity index (χ0) is 33.3. The number of aliphatic hydroxyl groups excluding tert-OH is 1.